The summed E-state index contributed by atoms with van der Waals surface area (Å²) in [4.78, 5) is 35.0. The van der Waals surface area contributed by atoms with Crippen LogP contribution in [-0.4, -0.2) is 24.4 Å². The van der Waals surface area contributed by atoms with Gasteiger partial charge < -0.3 is 4.74 Å². The fourth-order valence-corrected chi connectivity index (χ4v) is 2.95. The predicted octanol–water partition coefficient (Wildman–Crippen LogP) is 2.67. The van der Waals surface area contributed by atoms with Crippen molar-refractivity contribution >= 4 is 52.3 Å². The summed E-state index contributed by atoms with van der Waals surface area (Å²) in [6, 6.07) is 9.67. The van der Waals surface area contributed by atoms with Gasteiger partial charge in [0.05, 0.1) is 9.90 Å². The number of amides is 2. The summed E-state index contributed by atoms with van der Waals surface area (Å²) in [6.45, 7) is -0.572. The number of ether oxygens (including phenoxy) is 1. The Morgan fingerprint density at radius 1 is 1.09 bits per heavy atom. The number of hydrogen-bond acceptors (Lipinski definition) is 5. The van der Waals surface area contributed by atoms with E-state index in [0.717, 1.165) is 11.3 Å². The largest absolute Gasteiger partial charge is 0.452 e. The number of nitrogens with one attached hydrogen (secondary N) is 2. The predicted molar refractivity (Wildman–Crippen MR) is 86.7 cm³/mol. The second-order valence-electron chi connectivity index (χ2n) is 4.18. The third kappa shape index (κ3) is 4.95. The highest BCUT2D eigenvalue weighted by Gasteiger charge is 2.17. The molecule has 2 amide bonds. The quantitative estimate of drug-likeness (QED) is 0.638. The average Bonchev–Trinajstić information content (AvgIpc) is 2.89. The van der Waals surface area contributed by atoms with Crippen LogP contribution < -0.4 is 10.9 Å². The van der Waals surface area contributed by atoms with Crippen molar-refractivity contribution in [1.29, 1.82) is 0 Å². The van der Waals surface area contributed by atoms with Crippen LogP contribution in [0.4, 0.5) is 0 Å². The first-order chi connectivity index (χ1) is 11.0. The number of esters is 1. The molecule has 23 heavy (non-hydrogen) atoms. The molecule has 0 aliphatic rings. The molecule has 1 aromatic carbocycles. The van der Waals surface area contributed by atoms with Crippen molar-refractivity contribution in [3.05, 3.63) is 56.2 Å². The van der Waals surface area contributed by atoms with Gasteiger partial charge in [0, 0.05) is 5.56 Å². The molecule has 0 atom stereocenters. The zero-order valence-electron chi connectivity index (χ0n) is 11.5. The van der Waals surface area contributed by atoms with Gasteiger partial charge in [-0.05, 0) is 18.2 Å². The Labute approximate surface area is 145 Å². The second-order valence-corrected chi connectivity index (χ2v) is 6.47. The van der Waals surface area contributed by atoms with E-state index >= 15 is 0 Å². The molecule has 0 radical (unpaired) electrons. The van der Waals surface area contributed by atoms with Gasteiger partial charge in [-0.2, -0.15) is 0 Å². The third-order valence-corrected chi connectivity index (χ3v) is 4.05. The van der Waals surface area contributed by atoms with Gasteiger partial charge >= 0.3 is 5.97 Å². The molecule has 0 unspecified atom stereocenters. The van der Waals surface area contributed by atoms with Crippen LogP contribution in [0, 0.1) is 0 Å². The lowest BCUT2D eigenvalue weighted by Gasteiger charge is -2.07. The van der Waals surface area contributed by atoms with Gasteiger partial charge in [0.2, 0.25) is 0 Å². The normalized spacial score (nSPS) is 10.0. The summed E-state index contributed by atoms with van der Waals surface area (Å²) in [5, 5.41) is 0. The summed E-state index contributed by atoms with van der Waals surface area (Å²) in [5.74, 6) is -1.96. The van der Waals surface area contributed by atoms with E-state index in [4.69, 9.17) is 27.9 Å². The molecule has 0 bridgehead atoms. The Hall–Kier alpha value is -2.09. The molecule has 9 heteroatoms. The molecule has 0 spiro atoms. The molecule has 1 heterocycles. The van der Waals surface area contributed by atoms with Crippen LogP contribution in [0.3, 0.4) is 0 Å². The molecule has 0 aliphatic heterocycles. The van der Waals surface area contributed by atoms with E-state index in [2.05, 4.69) is 10.9 Å². The van der Waals surface area contributed by atoms with Crippen molar-refractivity contribution in [2.24, 2.45) is 0 Å². The van der Waals surface area contributed by atoms with E-state index in [9.17, 15) is 14.4 Å². The Morgan fingerprint density at radius 2 is 1.78 bits per heavy atom. The highest BCUT2D eigenvalue weighted by molar-refractivity contribution is 7.20. The number of benzene rings is 1. The maximum Gasteiger partial charge on any atom is 0.341 e. The van der Waals surface area contributed by atoms with E-state index in [1.165, 1.54) is 6.07 Å². The van der Waals surface area contributed by atoms with Gasteiger partial charge in [0.25, 0.3) is 11.8 Å². The molecule has 6 nitrogen and oxygen atoms in total. The van der Waals surface area contributed by atoms with Crippen LogP contribution in [-0.2, 0) is 9.53 Å². The fraction of sp³-hybridized carbons (Fsp3) is 0.0714. The van der Waals surface area contributed by atoms with Crippen molar-refractivity contribution in [2.75, 3.05) is 6.61 Å². The SMILES string of the molecule is O=C(COC(=O)c1cc(Cl)sc1Cl)NNC(=O)c1ccccc1. The molecule has 0 fully saturated rings. The van der Waals surface area contributed by atoms with Gasteiger partial charge in [0.1, 0.15) is 4.34 Å². The lowest BCUT2D eigenvalue weighted by molar-refractivity contribution is -0.125. The van der Waals surface area contributed by atoms with Gasteiger partial charge in [-0.15, -0.1) is 11.3 Å². The number of hydrazine groups is 1. The fourth-order valence-electron chi connectivity index (χ4n) is 1.51. The maximum absolute atomic E-state index is 11.7. The van der Waals surface area contributed by atoms with Crippen molar-refractivity contribution < 1.29 is 19.1 Å². The number of rotatable bonds is 4. The molecular formula is C14H10Cl2N2O4S. The van der Waals surface area contributed by atoms with Crippen LogP contribution >= 0.6 is 34.5 Å². The molecule has 2 rings (SSSR count). The zero-order valence-corrected chi connectivity index (χ0v) is 13.8. The average molecular weight is 373 g/mol. The summed E-state index contributed by atoms with van der Waals surface area (Å²) < 4.78 is 5.30. The second kappa shape index (κ2) is 7.96. The topological polar surface area (TPSA) is 84.5 Å². The van der Waals surface area contributed by atoms with Crippen molar-refractivity contribution in [1.82, 2.24) is 10.9 Å². The summed E-state index contributed by atoms with van der Waals surface area (Å²) in [7, 11) is 0. The highest BCUT2D eigenvalue weighted by atomic mass is 35.5. The molecule has 2 N–H and O–H groups in total. The van der Waals surface area contributed by atoms with Crippen LogP contribution in [0.1, 0.15) is 20.7 Å². The van der Waals surface area contributed by atoms with E-state index in [0.29, 0.717) is 9.90 Å². The first-order valence-electron chi connectivity index (χ1n) is 6.23. The summed E-state index contributed by atoms with van der Waals surface area (Å²) in [6.07, 6.45) is 0. The van der Waals surface area contributed by atoms with Gasteiger partial charge in [0.15, 0.2) is 6.61 Å². The first kappa shape index (κ1) is 17.3. The van der Waals surface area contributed by atoms with Gasteiger partial charge in [-0.25, -0.2) is 4.79 Å². The van der Waals surface area contributed by atoms with Crippen LogP contribution in [0.25, 0.3) is 0 Å². The number of carbonyl (C=O) groups excluding carboxylic acids is 3. The Morgan fingerprint density at radius 3 is 2.39 bits per heavy atom. The molecular weight excluding hydrogens is 363 g/mol. The third-order valence-electron chi connectivity index (χ3n) is 2.56. The van der Waals surface area contributed by atoms with Crippen LogP contribution in [0.5, 0.6) is 0 Å². The molecule has 0 saturated carbocycles. The van der Waals surface area contributed by atoms with Crippen LogP contribution in [0.15, 0.2) is 36.4 Å². The number of carbonyl (C=O) groups is 3. The highest BCUT2D eigenvalue weighted by Crippen LogP contribution is 2.31. The summed E-state index contributed by atoms with van der Waals surface area (Å²) >= 11 is 12.5. The Kier molecular flexibility index (Phi) is 5.97. The molecule has 0 aliphatic carbocycles. The van der Waals surface area contributed by atoms with Gasteiger partial charge in [-0.1, -0.05) is 41.4 Å². The van der Waals surface area contributed by atoms with E-state index in [-0.39, 0.29) is 9.90 Å². The zero-order chi connectivity index (χ0) is 16.8. The summed E-state index contributed by atoms with van der Waals surface area (Å²) in [5.41, 5.74) is 4.80. The lowest BCUT2D eigenvalue weighted by Crippen LogP contribution is -2.43. The number of hydrogen-bond donors (Lipinski definition) is 2. The Bertz CT molecular complexity index is 734. The van der Waals surface area contributed by atoms with E-state index in [1.807, 2.05) is 0 Å². The smallest absolute Gasteiger partial charge is 0.341 e. The first-order valence-corrected chi connectivity index (χ1v) is 7.81. The van der Waals surface area contributed by atoms with Crippen molar-refractivity contribution in [2.45, 2.75) is 0 Å². The van der Waals surface area contributed by atoms with E-state index < -0.39 is 24.4 Å². The number of halogens is 2. The van der Waals surface area contributed by atoms with Crippen molar-refractivity contribution in [3.63, 3.8) is 0 Å². The minimum absolute atomic E-state index is 0.0859. The maximum atomic E-state index is 11.7. The monoisotopic (exact) mass is 372 g/mol. The Balaban J connectivity index is 1.78. The minimum Gasteiger partial charge on any atom is -0.452 e. The molecule has 0 saturated heterocycles. The lowest BCUT2D eigenvalue weighted by atomic mass is 10.2. The molecule has 2 aromatic rings. The van der Waals surface area contributed by atoms with Gasteiger partial charge in [-0.3, -0.25) is 20.4 Å². The molecule has 1 aromatic heterocycles. The minimum atomic E-state index is -0.775. The number of thiophene rings is 1. The van der Waals surface area contributed by atoms with Crippen molar-refractivity contribution in [3.8, 4) is 0 Å². The molecule has 120 valence electrons. The van der Waals surface area contributed by atoms with E-state index in [1.54, 1.807) is 30.3 Å². The standard InChI is InChI=1S/C14H10Cl2N2O4S/c15-10-6-9(12(16)23-10)14(21)22-7-11(19)17-18-13(20)8-4-2-1-3-5-8/h1-6H,7H2,(H,17,19)(H,18,20). The van der Waals surface area contributed by atoms with Crippen LogP contribution in [0.2, 0.25) is 8.67 Å².